The third-order valence-corrected chi connectivity index (χ3v) is 6.62. The molecule has 0 radical (unpaired) electrons. The van der Waals surface area contributed by atoms with E-state index in [0.29, 0.717) is 18.2 Å². The van der Waals surface area contributed by atoms with E-state index in [-0.39, 0.29) is 0 Å². The highest BCUT2D eigenvalue weighted by molar-refractivity contribution is 7.99. The Morgan fingerprint density at radius 1 is 1.06 bits per heavy atom. The van der Waals surface area contributed by atoms with Crippen molar-refractivity contribution in [2.75, 3.05) is 26.2 Å². The number of aliphatic carboxylic acids is 2. The first-order valence-electron chi connectivity index (χ1n) is 10.4. The van der Waals surface area contributed by atoms with Gasteiger partial charge in [0.15, 0.2) is 0 Å². The molecule has 164 valence electrons. The van der Waals surface area contributed by atoms with E-state index >= 15 is 0 Å². The van der Waals surface area contributed by atoms with Crippen LogP contribution in [0.5, 0.6) is 0 Å². The largest absolute Gasteiger partial charge is 0.478 e. The van der Waals surface area contributed by atoms with Gasteiger partial charge in [-0.3, -0.25) is 4.90 Å². The summed E-state index contributed by atoms with van der Waals surface area (Å²) < 4.78 is 0. The number of carboxylic acid groups (broad SMARTS) is 2. The molecule has 3 N–H and O–H groups in total. The first-order valence-corrected chi connectivity index (χ1v) is 11.3. The number of hydrogen-bond donors (Lipinski definition) is 3. The Labute approximate surface area is 187 Å². The van der Waals surface area contributed by atoms with Gasteiger partial charge in [-0.05, 0) is 41.7 Å². The summed E-state index contributed by atoms with van der Waals surface area (Å²) in [7, 11) is 0. The van der Waals surface area contributed by atoms with Gasteiger partial charge >= 0.3 is 11.9 Å². The molecule has 0 spiro atoms. The van der Waals surface area contributed by atoms with Crippen molar-refractivity contribution in [1.82, 2.24) is 10.2 Å². The highest BCUT2D eigenvalue weighted by Crippen LogP contribution is 2.43. The van der Waals surface area contributed by atoms with E-state index < -0.39 is 11.9 Å². The van der Waals surface area contributed by atoms with Crippen LogP contribution >= 0.6 is 11.8 Å². The van der Waals surface area contributed by atoms with Crippen LogP contribution in [0.15, 0.2) is 64.4 Å². The Kier molecular flexibility index (Phi) is 8.28. The van der Waals surface area contributed by atoms with Crippen molar-refractivity contribution in [3.63, 3.8) is 0 Å². The molecule has 0 aromatic heterocycles. The zero-order valence-electron chi connectivity index (χ0n) is 17.6. The summed E-state index contributed by atoms with van der Waals surface area (Å²) in [5, 5.41) is 19.1. The number of carbonyl (C=O) groups is 2. The van der Waals surface area contributed by atoms with Crippen molar-refractivity contribution in [2.45, 2.75) is 35.6 Å². The van der Waals surface area contributed by atoms with Gasteiger partial charge in [-0.2, -0.15) is 0 Å². The number of piperazine rings is 1. The summed E-state index contributed by atoms with van der Waals surface area (Å²) in [5.41, 5.74) is 4.48. The van der Waals surface area contributed by atoms with Gasteiger partial charge in [0, 0.05) is 54.2 Å². The van der Waals surface area contributed by atoms with E-state index in [0.717, 1.165) is 39.0 Å². The Morgan fingerprint density at radius 2 is 1.74 bits per heavy atom. The summed E-state index contributed by atoms with van der Waals surface area (Å²) in [6.07, 6.45) is 3.35. The average molecular weight is 441 g/mol. The van der Waals surface area contributed by atoms with Crippen LogP contribution in [0.1, 0.15) is 29.7 Å². The third kappa shape index (κ3) is 6.43. The molecule has 0 saturated carbocycles. The second kappa shape index (κ2) is 11.1. The Balaban J connectivity index is 0.000000293. The van der Waals surface area contributed by atoms with E-state index in [1.165, 1.54) is 26.5 Å². The SMILES string of the molecule is CCc1ccc2c(c1)C(N1CCNCC1)Cc1ccccc1S2.O=C(O)/C=C\C(=O)O. The van der Waals surface area contributed by atoms with Gasteiger partial charge in [-0.25, -0.2) is 9.59 Å². The second-order valence-electron chi connectivity index (χ2n) is 7.45. The van der Waals surface area contributed by atoms with Gasteiger partial charge in [0.25, 0.3) is 0 Å². The lowest BCUT2D eigenvalue weighted by Gasteiger charge is -2.35. The topological polar surface area (TPSA) is 89.9 Å². The number of fused-ring (bicyclic) bond motifs is 2. The highest BCUT2D eigenvalue weighted by atomic mass is 32.2. The van der Waals surface area contributed by atoms with Crippen molar-refractivity contribution >= 4 is 23.7 Å². The minimum Gasteiger partial charge on any atom is -0.478 e. The van der Waals surface area contributed by atoms with E-state index in [4.69, 9.17) is 10.2 Å². The van der Waals surface area contributed by atoms with Gasteiger partial charge in [-0.1, -0.05) is 49.0 Å². The summed E-state index contributed by atoms with van der Waals surface area (Å²) in [6, 6.07) is 16.5. The Bertz CT molecular complexity index is 938. The van der Waals surface area contributed by atoms with Crippen molar-refractivity contribution in [1.29, 1.82) is 0 Å². The zero-order valence-corrected chi connectivity index (χ0v) is 18.4. The second-order valence-corrected chi connectivity index (χ2v) is 8.53. The van der Waals surface area contributed by atoms with Crippen LogP contribution in [0.25, 0.3) is 0 Å². The van der Waals surface area contributed by atoms with E-state index in [2.05, 4.69) is 59.6 Å². The molecule has 2 aromatic carbocycles. The lowest BCUT2D eigenvalue weighted by molar-refractivity contribution is -0.134. The van der Waals surface area contributed by atoms with Crippen LogP contribution in [0.3, 0.4) is 0 Å². The maximum atomic E-state index is 9.55. The van der Waals surface area contributed by atoms with Crippen LogP contribution in [0, 0.1) is 0 Å². The maximum absolute atomic E-state index is 9.55. The normalized spacial score (nSPS) is 18.3. The van der Waals surface area contributed by atoms with Crippen LogP contribution < -0.4 is 5.32 Å². The fourth-order valence-corrected chi connectivity index (χ4v) is 4.96. The molecule has 0 aliphatic carbocycles. The maximum Gasteiger partial charge on any atom is 0.328 e. The molecule has 2 aliphatic heterocycles. The fourth-order valence-electron chi connectivity index (χ4n) is 3.84. The number of carboxylic acids is 2. The molecule has 31 heavy (non-hydrogen) atoms. The zero-order chi connectivity index (χ0) is 22.2. The number of aryl methyl sites for hydroxylation is 1. The molecule has 2 heterocycles. The summed E-state index contributed by atoms with van der Waals surface area (Å²) in [4.78, 5) is 24.7. The van der Waals surface area contributed by atoms with Crippen molar-refractivity contribution in [3.8, 4) is 0 Å². The molecule has 1 unspecified atom stereocenters. The molecule has 2 aliphatic rings. The number of nitrogens with one attached hydrogen (secondary N) is 1. The Hall–Kier alpha value is -2.61. The first kappa shape index (κ1) is 23.1. The molecular formula is C24H28N2O4S. The highest BCUT2D eigenvalue weighted by Gasteiger charge is 2.28. The molecule has 2 aromatic rings. The molecule has 0 bridgehead atoms. The number of hydrogen-bond acceptors (Lipinski definition) is 5. The molecule has 6 nitrogen and oxygen atoms in total. The fraction of sp³-hybridized carbons (Fsp3) is 0.333. The standard InChI is InChI=1S/C20H24N2S.C4H4O4/c1-2-15-7-8-20-17(13-15)18(22-11-9-21-10-12-22)14-16-5-3-4-6-19(16)23-20;5-3(6)1-2-4(7)8/h3-8,13,18,21H,2,9-12,14H2,1H3;1-2H,(H,5,6)(H,7,8)/b;2-1-. The smallest absolute Gasteiger partial charge is 0.328 e. The van der Waals surface area contributed by atoms with Crippen LogP contribution in [0.2, 0.25) is 0 Å². The van der Waals surface area contributed by atoms with Crippen LogP contribution in [-0.2, 0) is 22.4 Å². The minimum atomic E-state index is -1.26. The van der Waals surface area contributed by atoms with E-state index in [1.807, 2.05) is 11.8 Å². The molecule has 1 atom stereocenters. The lowest BCUT2D eigenvalue weighted by atomic mass is 9.95. The third-order valence-electron chi connectivity index (χ3n) is 5.41. The predicted molar refractivity (Wildman–Crippen MR) is 122 cm³/mol. The first-order chi connectivity index (χ1) is 15.0. The summed E-state index contributed by atoms with van der Waals surface area (Å²) >= 11 is 1.95. The Morgan fingerprint density at radius 3 is 2.39 bits per heavy atom. The van der Waals surface area contributed by atoms with Crippen molar-refractivity contribution < 1.29 is 19.8 Å². The quantitative estimate of drug-likeness (QED) is 0.626. The lowest BCUT2D eigenvalue weighted by Crippen LogP contribution is -2.45. The molecular weight excluding hydrogens is 412 g/mol. The van der Waals surface area contributed by atoms with Gasteiger partial charge in [0.05, 0.1) is 0 Å². The van der Waals surface area contributed by atoms with Gasteiger partial charge in [-0.15, -0.1) is 0 Å². The van der Waals surface area contributed by atoms with Crippen molar-refractivity contribution in [2.24, 2.45) is 0 Å². The average Bonchev–Trinajstić information content (AvgIpc) is 2.95. The van der Waals surface area contributed by atoms with E-state index in [9.17, 15) is 9.59 Å². The molecule has 7 heteroatoms. The molecule has 1 saturated heterocycles. The summed E-state index contributed by atoms with van der Waals surface area (Å²) in [6.45, 7) is 6.75. The summed E-state index contributed by atoms with van der Waals surface area (Å²) in [5.74, 6) is -2.51. The van der Waals surface area contributed by atoms with Crippen LogP contribution in [0.4, 0.5) is 0 Å². The van der Waals surface area contributed by atoms with Gasteiger partial charge in [0.2, 0.25) is 0 Å². The monoisotopic (exact) mass is 440 g/mol. The van der Waals surface area contributed by atoms with E-state index in [1.54, 1.807) is 0 Å². The number of rotatable bonds is 4. The molecule has 0 amide bonds. The van der Waals surface area contributed by atoms with Gasteiger partial charge in [0.1, 0.15) is 0 Å². The predicted octanol–water partition coefficient (Wildman–Crippen LogP) is 3.61. The minimum absolute atomic E-state index is 0.509. The van der Waals surface area contributed by atoms with Gasteiger partial charge < -0.3 is 15.5 Å². The van der Waals surface area contributed by atoms with Crippen molar-refractivity contribution in [3.05, 3.63) is 71.3 Å². The van der Waals surface area contributed by atoms with Crippen LogP contribution in [-0.4, -0.2) is 53.2 Å². The molecule has 1 fully saturated rings. The number of nitrogens with zero attached hydrogens (tertiary/aromatic N) is 1. The molecule has 4 rings (SSSR count). The number of benzene rings is 2.